The summed E-state index contributed by atoms with van der Waals surface area (Å²) in [6.45, 7) is 5.33. The van der Waals surface area contributed by atoms with Gasteiger partial charge in [-0.05, 0) is 37.3 Å². The molecule has 0 radical (unpaired) electrons. The summed E-state index contributed by atoms with van der Waals surface area (Å²) >= 11 is 0. The molecule has 1 aromatic carbocycles. The molecule has 1 unspecified atom stereocenters. The first-order valence-corrected chi connectivity index (χ1v) is 6.63. The van der Waals surface area contributed by atoms with E-state index in [1.165, 1.54) is 28.6 Å². The first-order chi connectivity index (χ1) is 8.74. The highest BCUT2D eigenvalue weighted by Gasteiger charge is 2.13. The summed E-state index contributed by atoms with van der Waals surface area (Å²) in [5.41, 5.74) is 4.76. The zero-order chi connectivity index (χ0) is 12.5. The van der Waals surface area contributed by atoms with Gasteiger partial charge in [0.1, 0.15) is 0 Å². The lowest BCUT2D eigenvalue weighted by Crippen LogP contribution is -2.14. The quantitative estimate of drug-likeness (QED) is 0.742. The third-order valence-corrected chi connectivity index (χ3v) is 3.71. The lowest BCUT2D eigenvalue weighted by molar-refractivity contribution is 0.538. The van der Waals surface area contributed by atoms with Crippen LogP contribution in [0.15, 0.2) is 35.5 Å². The minimum atomic E-state index is 0.726. The van der Waals surface area contributed by atoms with Crippen molar-refractivity contribution < 1.29 is 0 Å². The molecule has 1 aliphatic heterocycles. The molecule has 3 rings (SSSR count). The average Bonchev–Trinajstić information content (AvgIpc) is 2.39. The Kier molecular flexibility index (Phi) is 2.86. The molecular formula is C16H18N2. The lowest BCUT2D eigenvalue weighted by Gasteiger charge is -2.17. The van der Waals surface area contributed by atoms with E-state index in [1.807, 2.05) is 6.20 Å². The Morgan fingerprint density at radius 2 is 2.17 bits per heavy atom. The predicted molar refractivity (Wildman–Crippen MR) is 76.3 cm³/mol. The van der Waals surface area contributed by atoms with Gasteiger partial charge in [-0.15, -0.1) is 0 Å². The minimum Gasteiger partial charge on any atom is -0.289 e. The number of hydrogen-bond donors (Lipinski definition) is 0. The maximum atomic E-state index is 4.69. The van der Waals surface area contributed by atoms with Crippen molar-refractivity contribution in [1.82, 2.24) is 4.98 Å². The van der Waals surface area contributed by atoms with E-state index < -0.39 is 0 Å². The number of para-hydroxylation sites is 1. The SMILES string of the molecule is Cc1cccc2cc(C3=NCC(C)CC3)cnc12. The number of fused-ring (bicyclic) bond motifs is 1. The molecular weight excluding hydrogens is 220 g/mol. The second kappa shape index (κ2) is 4.52. The molecule has 0 bridgehead atoms. The van der Waals surface area contributed by atoms with Crippen LogP contribution in [0, 0.1) is 12.8 Å². The summed E-state index contributed by atoms with van der Waals surface area (Å²) in [6.07, 6.45) is 4.30. The smallest absolute Gasteiger partial charge is 0.0731 e. The van der Waals surface area contributed by atoms with Gasteiger partial charge in [0.25, 0.3) is 0 Å². The molecule has 0 amide bonds. The molecule has 2 heteroatoms. The molecule has 1 atom stereocenters. The van der Waals surface area contributed by atoms with Crippen LogP contribution in [0.2, 0.25) is 0 Å². The van der Waals surface area contributed by atoms with E-state index in [4.69, 9.17) is 0 Å². The standard InChI is InChI=1S/C16H18N2/c1-11-6-7-15(17-9-11)14-8-13-5-3-4-12(2)16(13)18-10-14/h3-5,8,10-11H,6-7,9H2,1-2H3. The summed E-state index contributed by atoms with van der Waals surface area (Å²) in [5.74, 6) is 0.726. The summed E-state index contributed by atoms with van der Waals surface area (Å²) < 4.78 is 0. The van der Waals surface area contributed by atoms with Crippen LogP contribution in [-0.2, 0) is 0 Å². The van der Waals surface area contributed by atoms with Crippen LogP contribution < -0.4 is 0 Å². The molecule has 0 N–H and O–H groups in total. The number of nitrogens with zero attached hydrogens (tertiary/aromatic N) is 2. The summed E-state index contributed by atoms with van der Waals surface area (Å²) in [4.78, 5) is 9.28. The van der Waals surface area contributed by atoms with Crippen LogP contribution in [0.5, 0.6) is 0 Å². The van der Waals surface area contributed by atoms with E-state index in [-0.39, 0.29) is 0 Å². The number of aryl methyl sites for hydroxylation is 1. The number of hydrogen-bond acceptors (Lipinski definition) is 2. The number of aliphatic imine (C=N–C) groups is 1. The van der Waals surface area contributed by atoms with Crippen LogP contribution in [0.1, 0.15) is 30.9 Å². The maximum absolute atomic E-state index is 4.69. The average molecular weight is 238 g/mol. The molecule has 2 heterocycles. The van der Waals surface area contributed by atoms with Gasteiger partial charge in [-0.2, -0.15) is 0 Å². The highest BCUT2D eigenvalue weighted by Crippen LogP contribution is 2.21. The zero-order valence-corrected chi connectivity index (χ0v) is 11.0. The van der Waals surface area contributed by atoms with E-state index in [0.717, 1.165) is 24.4 Å². The Morgan fingerprint density at radius 3 is 2.94 bits per heavy atom. The molecule has 0 fully saturated rings. The second-order valence-corrected chi connectivity index (χ2v) is 5.30. The number of pyridine rings is 1. The van der Waals surface area contributed by atoms with Gasteiger partial charge < -0.3 is 0 Å². The van der Waals surface area contributed by atoms with Gasteiger partial charge >= 0.3 is 0 Å². The van der Waals surface area contributed by atoms with Crippen LogP contribution in [0.4, 0.5) is 0 Å². The van der Waals surface area contributed by atoms with Gasteiger partial charge in [-0.1, -0.05) is 25.1 Å². The topological polar surface area (TPSA) is 25.2 Å². The molecule has 0 saturated heterocycles. The number of aromatic nitrogens is 1. The van der Waals surface area contributed by atoms with Crippen LogP contribution in [0.25, 0.3) is 10.9 Å². The second-order valence-electron chi connectivity index (χ2n) is 5.30. The molecule has 0 aliphatic carbocycles. The van der Waals surface area contributed by atoms with Crippen molar-refractivity contribution in [2.75, 3.05) is 6.54 Å². The Hall–Kier alpha value is -1.70. The van der Waals surface area contributed by atoms with Crippen molar-refractivity contribution in [3.8, 4) is 0 Å². The molecule has 0 spiro atoms. The van der Waals surface area contributed by atoms with Gasteiger partial charge in [-0.3, -0.25) is 9.98 Å². The molecule has 2 aromatic rings. The molecule has 18 heavy (non-hydrogen) atoms. The van der Waals surface area contributed by atoms with Crippen LogP contribution >= 0.6 is 0 Å². The molecule has 0 saturated carbocycles. The maximum Gasteiger partial charge on any atom is 0.0731 e. The van der Waals surface area contributed by atoms with Crippen molar-refractivity contribution in [2.24, 2.45) is 10.9 Å². The molecule has 1 aliphatic rings. The summed E-state index contributed by atoms with van der Waals surface area (Å²) in [7, 11) is 0. The fourth-order valence-electron chi connectivity index (χ4n) is 2.53. The van der Waals surface area contributed by atoms with Crippen molar-refractivity contribution in [2.45, 2.75) is 26.7 Å². The van der Waals surface area contributed by atoms with E-state index in [1.54, 1.807) is 0 Å². The van der Waals surface area contributed by atoms with E-state index in [2.05, 4.69) is 48.1 Å². The van der Waals surface area contributed by atoms with E-state index in [0.29, 0.717) is 0 Å². The molecule has 1 aromatic heterocycles. The Morgan fingerprint density at radius 1 is 1.28 bits per heavy atom. The van der Waals surface area contributed by atoms with E-state index >= 15 is 0 Å². The first kappa shape index (κ1) is 11.4. The van der Waals surface area contributed by atoms with Crippen LogP contribution in [-0.4, -0.2) is 17.2 Å². The van der Waals surface area contributed by atoms with Gasteiger partial charge in [0.2, 0.25) is 0 Å². The highest BCUT2D eigenvalue weighted by molar-refractivity contribution is 6.03. The number of rotatable bonds is 1. The normalized spacial score (nSPS) is 19.9. The van der Waals surface area contributed by atoms with Gasteiger partial charge in [0.05, 0.1) is 5.52 Å². The van der Waals surface area contributed by atoms with E-state index in [9.17, 15) is 0 Å². The van der Waals surface area contributed by atoms with Crippen molar-refractivity contribution in [3.63, 3.8) is 0 Å². The van der Waals surface area contributed by atoms with Gasteiger partial charge in [-0.25, -0.2) is 0 Å². The highest BCUT2D eigenvalue weighted by atomic mass is 14.8. The van der Waals surface area contributed by atoms with Crippen molar-refractivity contribution in [1.29, 1.82) is 0 Å². The number of benzene rings is 1. The third-order valence-electron chi connectivity index (χ3n) is 3.71. The summed E-state index contributed by atoms with van der Waals surface area (Å²) in [5, 5.41) is 1.22. The first-order valence-electron chi connectivity index (χ1n) is 6.63. The molecule has 92 valence electrons. The minimum absolute atomic E-state index is 0.726. The summed E-state index contributed by atoms with van der Waals surface area (Å²) in [6, 6.07) is 8.55. The Balaban J connectivity index is 2.04. The predicted octanol–water partition coefficient (Wildman–Crippen LogP) is 3.76. The van der Waals surface area contributed by atoms with Crippen LogP contribution in [0.3, 0.4) is 0 Å². The Labute approximate surface area is 108 Å². The van der Waals surface area contributed by atoms with Crippen molar-refractivity contribution >= 4 is 16.6 Å². The fourth-order valence-corrected chi connectivity index (χ4v) is 2.53. The largest absolute Gasteiger partial charge is 0.289 e. The van der Waals surface area contributed by atoms with Gasteiger partial charge in [0.15, 0.2) is 0 Å². The van der Waals surface area contributed by atoms with Gasteiger partial charge in [0, 0.05) is 29.4 Å². The Bertz CT molecular complexity index is 614. The molecule has 2 nitrogen and oxygen atoms in total. The monoisotopic (exact) mass is 238 g/mol. The van der Waals surface area contributed by atoms with Crippen molar-refractivity contribution in [3.05, 3.63) is 41.6 Å². The zero-order valence-electron chi connectivity index (χ0n) is 11.0. The lowest BCUT2D eigenvalue weighted by atomic mass is 9.96. The fraction of sp³-hybridized carbons (Fsp3) is 0.375. The third kappa shape index (κ3) is 2.03.